The van der Waals surface area contributed by atoms with Gasteiger partial charge in [0.1, 0.15) is 18.6 Å². The highest BCUT2D eigenvalue weighted by Crippen LogP contribution is 2.31. The van der Waals surface area contributed by atoms with Crippen LogP contribution in [-0.4, -0.2) is 81.9 Å². The van der Waals surface area contributed by atoms with Crippen LogP contribution in [0.2, 0.25) is 0 Å². The molecule has 0 aliphatic rings. The molecule has 3 heterocycles. The van der Waals surface area contributed by atoms with Crippen LogP contribution in [0.25, 0.3) is 16.9 Å². The summed E-state index contributed by atoms with van der Waals surface area (Å²) in [6, 6.07) is 1.27. The monoisotopic (exact) mass is 493 g/mol. The Balaban J connectivity index is 1.75. The minimum Gasteiger partial charge on any atom is -0.483 e. The van der Waals surface area contributed by atoms with Gasteiger partial charge >= 0.3 is 24.2 Å². The fraction of sp³-hybridized carbons (Fsp3) is 0.412. The number of nitrogens with one attached hydrogen (secondary N) is 1. The molecule has 0 aliphatic heterocycles. The Labute approximate surface area is 187 Å². The smallest absolute Gasteiger partial charge is 0.407 e. The number of fused-ring (bicyclic) bond motifs is 1. The number of carbonyl (C=O) groups excluding carboxylic acids is 1. The Bertz CT molecular complexity index is 1160. The second-order valence-electron chi connectivity index (χ2n) is 6.44. The average molecular weight is 493 g/mol. The Hall–Kier alpha value is -4.05. The highest BCUT2D eigenvalue weighted by molar-refractivity contribution is 5.68. The summed E-state index contributed by atoms with van der Waals surface area (Å²) in [5, 5.41) is 9.34. The summed E-state index contributed by atoms with van der Waals surface area (Å²) in [6.07, 6.45) is -3.95. The lowest BCUT2D eigenvalue weighted by atomic mass is 10.2. The quantitative estimate of drug-likeness (QED) is 0.441. The van der Waals surface area contributed by atoms with Crippen LogP contribution in [0.15, 0.2) is 18.6 Å². The van der Waals surface area contributed by atoms with Crippen molar-refractivity contribution >= 4 is 11.7 Å². The summed E-state index contributed by atoms with van der Waals surface area (Å²) in [6.45, 7) is -4.56. The highest BCUT2D eigenvalue weighted by Gasteiger charge is 2.34. The molecule has 3 aromatic heterocycles. The maximum atomic E-state index is 14.1. The molecule has 0 radical (unpaired) electrons. The van der Waals surface area contributed by atoms with Gasteiger partial charge in [0.05, 0.1) is 19.8 Å². The molecule has 0 aromatic carbocycles. The maximum absolute atomic E-state index is 14.1. The number of carbonyl (C=O) groups is 1. The van der Waals surface area contributed by atoms with Crippen LogP contribution in [0, 0.1) is 0 Å². The largest absolute Gasteiger partial charge is 0.483 e. The molecule has 12 nitrogen and oxygen atoms in total. The van der Waals surface area contributed by atoms with Gasteiger partial charge in [-0.15, -0.1) is 14.8 Å². The first kappa shape index (κ1) is 24.6. The van der Waals surface area contributed by atoms with Crippen molar-refractivity contribution in [2.24, 2.45) is 0 Å². The molecule has 0 saturated heterocycles. The molecule has 17 heteroatoms. The molecule has 0 aliphatic carbocycles. The van der Waals surface area contributed by atoms with Crippen molar-refractivity contribution in [3.05, 3.63) is 18.6 Å². The van der Waals surface area contributed by atoms with Gasteiger partial charge in [-0.3, -0.25) is 0 Å². The summed E-state index contributed by atoms with van der Waals surface area (Å²) >= 11 is 0. The summed E-state index contributed by atoms with van der Waals surface area (Å²) < 4.78 is 84.9. The van der Waals surface area contributed by atoms with E-state index in [9.17, 15) is 26.7 Å². The number of nitrogens with zero attached hydrogens (tertiary/aromatic N) is 6. The van der Waals surface area contributed by atoms with E-state index in [1.54, 1.807) is 0 Å². The minimum absolute atomic E-state index is 0.0119. The van der Waals surface area contributed by atoms with Crippen molar-refractivity contribution in [2.75, 3.05) is 34.0 Å². The van der Waals surface area contributed by atoms with Gasteiger partial charge in [-0.25, -0.2) is 14.8 Å². The third-order valence-corrected chi connectivity index (χ3v) is 3.89. The van der Waals surface area contributed by atoms with Crippen molar-refractivity contribution in [3.63, 3.8) is 0 Å². The number of halogens is 5. The lowest BCUT2D eigenvalue weighted by molar-refractivity contribution is -0.125. The Kier molecular flexibility index (Phi) is 7.11. The Morgan fingerprint density at radius 3 is 2.56 bits per heavy atom. The summed E-state index contributed by atoms with van der Waals surface area (Å²) in [5.41, 5.74) is 0.359. The second-order valence-corrected chi connectivity index (χ2v) is 6.44. The molecule has 184 valence electrons. The number of rotatable bonds is 9. The average Bonchev–Trinajstić information content (AvgIpc) is 3.28. The predicted octanol–water partition coefficient (Wildman–Crippen LogP) is 1.90. The molecule has 0 bridgehead atoms. The molecule has 0 fully saturated rings. The van der Waals surface area contributed by atoms with Crippen molar-refractivity contribution in [2.45, 2.75) is 12.1 Å². The van der Waals surface area contributed by atoms with E-state index >= 15 is 0 Å². The standard InChI is InChI=1S/C17H16F5N7O5/c1-31-13-9(4-23-14(27-13)32-2)10-3-11(12-25-8-26-29(12)28-10)33-6-16(18,19)7-34-15(30)24-5-17(20,21)22/h3-4,8H,5-7H2,1-2H3,(H,24,30). The zero-order valence-corrected chi connectivity index (χ0v) is 17.5. The molecule has 34 heavy (non-hydrogen) atoms. The van der Waals surface area contributed by atoms with E-state index in [1.165, 1.54) is 31.8 Å². The van der Waals surface area contributed by atoms with Crippen LogP contribution in [-0.2, 0) is 4.74 Å². The number of methoxy groups -OCH3 is 2. The normalized spacial score (nSPS) is 11.9. The van der Waals surface area contributed by atoms with Gasteiger partial charge in [-0.2, -0.15) is 26.9 Å². The first-order valence-electron chi connectivity index (χ1n) is 9.16. The van der Waals surface area contributed by atoms with Crippen LogP contribution < -0.4 is 19.5 Å². The number of alkyl carbamates (subject to hydrolysis) is 1. The van der Waals surface area contributed by atoms with E-state index in [0.717, 1.165) is 11.0 Å². The SMILES string of the molecule is COc1ncc(-c2cc(OCC(F)(F)COC(=O)NCC(F)(F)F)c3ncnn3n2)c(OC)n1. The van der Waals surface area contributed by atoms with Crippen LogP contribution in [0.4, 0.5) is 26.7 Å². The van der Waals surface area contributed by atoms with E-state index in [1.807, 2.05) is 0 Å². The lowest BCUT2D eigenvalue weighted by Crippen LogP contribution is -2.38. The lowest BCUT2D eigenvalue weighted by Gasteiger charge is -2.18. The maximum Gasteiger partial charge on any atom is 0.407 e. The van der Waals surface area contributed by atoms with E-state index in [2.05, 4.69) is 29.9 Å². The van der Waals surface area contributed by atoms with Gasteiger partial charge in [-0.1, -0.05) is 0 Å². The number of hydrogen-bond acceptors (Lipinski definition) is 10. The van der Waals surface area contributed by atoms with E-state index < -0.39 is 38.0 Å². The fourth-order valence-corrected chi connectivity index (χ4v) is 2.43. The number of hydrogen-bond donors (Lipinski definition) is 1. The number of alkyl halides is 5. The summed E-state index contributed by atoms with van der Waals surface area (Å²) in [5.74, 6) is -3.87. The van der Waals surface area contributed by atoms with Gasteiger partial charge in [0, 0.05) is 12.3 Å². The first-order valence-corrected chi connectivity index (χ1v) is 9.16. The van der Waals surface area contributed by atoms with Crippen LogP contribution >= 0.6 is 0 Å². The molecule has 1 amide bonds. The zero-order valence-electron chi connectivity index (χ0n) is 17.5. The molecular formula is C17H16F5N7O5. The van der Waals surface area contributed by atoms with Crippen molar-refractivity contribution < 1.29 is 45.7 Å². The molecule has 1 N–H and O–H groups in total. The summed E-state index contributed by atoms with van der Waals surface area (Å²) in [4.78, 5) is 23.0. The Morgan fingerprint density at radius 1 is 1.12 bits per heavy atom. The predicted molar refractivity (Wildman–Crippen MR) is 101 cm³/mol. The minimum atomic E-state index is -4.72. The zero-order chi connectivity index (χ0) is 24.9. The number of ether oxygens (including phenoxy) is 4. The molecule has 0 atom stereocenters. The molecule has 3 aromatic rings. The number of aromatic nitrogens is 6. The van der Waals surface area contributed by atoms with Gasteiger partial charge < -0.3 is 24.3 Å². The van der Waals surface area contributed by atoms with Gasteiger partial charge in [0.25, 0.3) is 0 Å². The fourth-order valence-electron chi connectivity index (χ4n) is 2.43. The topological polar surface area (TPSA) is 135 Å². The molecule has 0 spiro atoms. The summed E-state index contributed by atoms with van der Waals surface area (Å²) in [7, 11) is 2.69. The van der Waals surface area contributed by atoms with E-state index in [4.69, 9.17) is 14.2 Å². The molecule has 3 rings (SSSR count). The number of amides is 1. The molecule has 0 unspecified atom stereocenters. The first-order chi connectivity index (χ1) is 16.0. The van der Waals surface area contributed by atoms with Gasteiger partial charge in [0.2, 0.25) is 11.5 Å². The van der Waals surface area contributed by atoms with E-state index in [-0.39, 0.29) is 34.5 Å². The van der Waals surface area contributed by atoms with Crippen LogP contribution in [0.1, 0.15) is 0 Å². The molecule has 0 saturated carbocycles. The second kappa shape index (κ2) is 9.84. The van der Waals surface area contributed by atoms with E-state index in [0.29, 0.717) is 0 Å². The van der Waals surface area contributed by atoms with Crippen LogP contribution in [0.3, 0.4) is 0 Å². The third-order valence-electron chi connectivity index (χ3n) is 3.89. The Morgan fingerprint density at radius 2 is 1.88 bits per heavy atom. The third kappa shape index (κ3) is 6.26. The van der Waals surface area contributed by atoms with Gasteiger partial charge in [0.15, 0.2) is 19.0 Å². The van der Waals surface area contributed by atoms with Crippen molar-refractivity contribution in [3.8, 4) is 28.9 Å². The highest BCUT2D eigenvalue weighted by atomic mass is 19.4. The van der Waals surface area contributed by atoms with Gasteiger partial charge in [-0.05, 0) is 0 Å². The van der Waals surface area contributed by atoms with Crippen LogP contribution in [0.5, 0.6) is 17.6 Å². The molecular weight excluding hydrogens is 477 g/mol. The van der Waals surface area contributed by atoms with Crippen molar-refractivity contribution in [1.82, 2.24) is 35.1 Å². The van der Waals surface area contributed by atoms with Crippen molar-refractivity contribution in [1.29, 1.82) is 0 Å².